The Labute approximate surface area is 79.9 Å². The molecule has 76 valence electrons. The van der Waals surface area contributed by atoms with Crippen LogP contribution < -0.4 is 11.5 Å². The highest BCUT2D eigenvalue weighted by molar-refractivity contribution is 5.75. The molecule has 0 aliphatic heterocycles. The topological polar surface area (TPSA) is 69.1 Å². The lowest BCUT2D eigenvalue weighted by Gasteiger charge is -2.40. The standard InChI is InChI=1S/C10H20N2O/c1-2-8-5-3-4-6-10(8,12)7-9(11)13/h8H,2-7,12H2,1H3,(H2,11,13). The number of amides is 1. The monoisotopic (exact) mass is 184 g/mol. The normalized spacial score (nSPS) is 34.5. The van der Waals surface area contributed by atoms with Crippen molar-refractivity contribution in [2.24, 2.45) is 17.4 Å². The van der Waals surface area contributed by atoms with Crippen LogP contribution in [0.1, 0.15) is 45.4 Å². The molecule has 13 heavy (non-hydrogen) atoms. The van der Waals surface area contributed by atoms with E-state index in [1.807, 2.05) is 0 Å². The van der Waals surface area contributed by atoms with Gasteiger partial charge in [0.1, 0.15) is 0 Å². The van der Waals surface area contributed by atoms with Crippen molar-refractivity contribution in [1.29, 1.82) is 0 Å². The van der Waals surface area contributed by atoms with Crippen LogP contribution in [0.5, 0.6) is 0 Å². The Morgan fingerprint density at radius 2 is 2.23 bits per heavy atom. The quantitative estimate of drug-likeness (QED) is 0.691. The van der Waals surface area contributed by atoms with Crippen molar-refractivity contribution in [2.75, 3.05) is 0 Å². The Balaban J connectivity index is 2.64. The summed E-state index contributed by atoms with van der Waals surface area (Å²) in [6.07, 6.45) is 5.90. The Bertz CT molecular complexity index is 193. The zero-order valence-corrected chi connectivity index (χ0v) is 8.38. The number of primary amides is 1. The molecule has 0 bridgehead atoms. The Morgan fingerprint density at radius 1 is 1.54 bits per heavy atom. The number of carbonyl (C=O) groups is 1. The predicted molar refractivity (Wildman–Crippen MR) is 53.0 cm³/mol. The Hall–Kier alpha value is -0.570. The molecule has 2 atom stereocenters. The average molecular weight is 184 g/mol. The SMILES string of the molecule is CCC1CCCCC1(N)CC(N)=O. The van der Waals surface area contributed by atoms with Gasteiger partial charge in [-0.25, -0.2) is 0 Å². The van der Waals surface area contributed by atoms with Crippen LogP contribution in [0.2, 0.25) is 0 Å². The average Bonchev–Trinajstić information content (AvgIpc) is 2.03. The number of carbonyl (C=O) groups excluding carboxylic acids is 1. The smallest absolute Gasteiger partial charge is 0.219 e. The Morgan fingerprint density at radius 3 is 2.77 bits per heavy atom. The van der Waals surface area contributed by atoms with Crippen molar-refractivity contribution in [1.82, 2.24) is 0 Å². The zero-order valence-electron chi connectivity index (χ0n) is 8.38. The first kappa shape index (κ1) is 10.5. The largest absolute Gasteiger partial charge is 0.370 e. The number of rotatable bonds is 3. The van der Waals surface area contributed by atoms with Crippen molar-refractivity contribution >= 4 is 5.91 Å². The van der Waals surface area contributed by atoms with Crippen LogP contribution in [-0.4, -0.2) is 11.4 Å². The zero-order chi connectivity index (χ0) is 9.90. The van der Waals surface area contributed by atoms with Crippen molar-refractivity contribution < 1.29 is 4.79 Å². The third-order valence-electron chi connectivity index (χ3n) is 3.25. The lowest BCUT2D eigenvalue weighted by molar-refractivity contribution is -0.120. The first-order valence-electron chi connectivity index (χ1n) is 5.15. The maximum atomic E-state index is 10.9. The fourth-order valence-electron chi connectivity index (χ4n) is 2.50. The third-order valence-corrected chi connectivity index (χ3v) is 3.25. The number of hydrogen-bond acceptors (Lipinski definition) is 2. The minimum absolute atomic E-state index is 0.261. The molecule has 0 spiro atoms. The van der Waals surface area contributed by atoms with E-state index in [9.17, 15) is 4.79 Å². The molecule has 0 aromatic carbocycles. The molecule has 3 heteroatoms. The lowest BCUT2D eigenvalue weighted by atomic mass is 9.70. The highest BCUT2D eigenvalue weighted by Crippen LogP contribution is 2.36. The van der Waals surface area contributed by atoms with Crippen LogP contribution in [-0.2, 0) is 4.79 Å². The second-order valence-corrected chi connectivity index (χ2v) is 4.23. The molecule has 1 aliphatic rings. The lowest BCUT2D eigenvalue weighted by Crippen LogP contribution is -2.51. The second-order valence-electron chi connectivity index (χ2n) is 4.23. The molecular weight excluding hydrogens is 164 g/mol. The maximum Gasteiger partial charge on any atom is 0.219 e. The van der Waals surface area contributed by atoms with Gasteiger partial charge < -0.3 is 11.5 Å². The molecule has 0 aromatic rings. The molecule has 0 radical (unpaired) electrons. The van der Waals surface area contributed by atoms with Gasteiger partial charge in [-0.1, -0.05) is 26.2 Å². The summed E-state index contributed by atoms with van der Waals surface area (Å²) in [5.41, 5.74) is 11.1. The van der Waals surface area contributed by atoms with Crippen LogP contribution in [0, 0.1) is 5.92 Å². The maximum absolute atomic E-state index is 10.9. The fourth-order valence-corrected chi connectivity index (χ4v) is 2.50. The van der Waals surface area contributed by atoms with Gasteiger partial charge in [0.15, 0.2) is 0 Å². The van der Waals surface area contributed by atoms with Crippen LogP contribution in [0.25, 0.3) is 0 Å². The van der Waals surface area contributed by atoms with Gasteiger partial charge in [-0.2, -0.15) is 0 Å². The van der Waals surface area contributed by atoms with Gasteiger partial charge >= 0.3 is 0 Å². The van der Waals surface area contributed by atoms with E-state index in [1.54, 1.807) is 0 Å². The van der Waals surface area contributed by atoms with Crippen LogP contribution in [0.3, 0.4) is 0 Å². The highest BCUT2D eigenvalue weighted by atomic mass is 16.1. The van der Waals surface area contributed by atoms with Gasteiger partial charge in [-0.15, -0.1) is 0 Å². The molecule has 1 amide bonds. The minimum Gasteiger partial charge on any atom is -0.370 e. The van der Waals surface area contributed by atoms with E-state index in [1.165, 1.54) is 6.42 Å². The minimum atomic E-state index is -0.307. The summed E-state index contributed by atoms with van der Waals surface area (Å²) in [7, 11) is 0. The molecule has 4 N–H and O–H groups in total. The molecule has 0 saturated heterocycles. The summed E-state index contributed by atoms with van der Waals surface area (Å²) >= 11 is 0. The summed E-state index contributed by atoms with van der Waals surface area (Å²) in [5, 5.41) is 0. The molecule has 1 fully saturated rings. The number of nitrogens with two attached hydrogens (primary N) is 2. The van der Waals surface area contributed by atoms with Crippen molar-refractivity contribution in [3.63, 3.8) is 0 Å². The molecule has 3 nitrogen and oxygen atoms in total. The summed E-state index contributed by atoms with van der Waals surface area (Å²) < 4.78 is 0. The molecule has 1 rings (SSSR count). The van der Waals surface area contributed by atoms with Crippen molar-refractivity contribution in [2.45, 2.75) is 51.0 Å². The molecule has 1 saturated carbocycles. The van der Waals surface area contributed by atoms with E-state index >= 15 is 0 Å². The highest BCUT2D eigenvalue weighted by Gasteiger charge is 2.37. The molecule has 2 unspecified atom stereocenters. The fraction of sp³-hybridized carbons (Fsp3) is 0.900. The van der Waals surface area contributed by atoms with Crippen molar-refractivity contribution in [3.8, 4) is 0 Å². The van der Waals surface area contributed by atoms with Gasteiger partial charge in [0, 0.05) is 12.0 Å². The Kier molecular flexibility index (Phi) is 3.31. The van der Waals surface area contributed by atoms with E-state index in [0.717, 1.165) is 25.7 Å². The number of hydrogen-bond donors (Lipinski definition) is 2. The summed E-state index contributed by atoms with van der Waals surface area (Å²) in [4.78, 5) is 10.9. The van der Waals surface area contributed by atoms with Crippen LogP contribution >= 0.6 is 0 Å². The third kappa shape index (κ3) is 2.44. The van der Waals surface area contributed by atoms with Gasteiger partial charge in [-0.3, -0.25) is 4.79 Å². The molecular formula is C10H20N2O. The van der Waals surface area contributed by atoms with E-state index in [4.69, 9.17) is 11.5 Å². The summed E-state index contributed by atoms with van der Waals surface area (Å²) in [6.45, 7) is 2.14. The first-order chi connectivity index (χ1) is 6.08. The summed E-state index contributed by atoms with van der Waals surface area (Å²) in [5.74, 6) is 0.219. The van der Waals surface area contributed by atoms with Gasteiger partial charge in [0.2, 0.25) is 5.91 Å². The van der Waals surface area contributed by atoms with Gasteiger partial charge in [-0.05, 0) is 18.8 Å². The second kappa shape index (κ2) is 4.09. The molecule has 1 aliphatic carbocycles. The molecule has 0 heterocycles. The van der Waals surface area contributed by atoms with Crippen LogP contribution in [0.15, 0.2) is 0 Å². The first-order valence-corrected chi connectivity index (χ1v) is 5.15. The van der Waals surface area contributed by atoms with Crippen LogP contribution in [0.4, 0.5) is 0 Å². The predicted octanol–water partition coefficient (Wildman–Crippen LogP) is 1.16. The van der Waals surface area contributed by atoms with Gasteiger partial charge in [0.05, 0.1) is 0 Å². The van der Waals surface area contributed by atoms with E-state index in [2.05, 4.69) is 6.92 Å². The van der Waals surface area contributed by atoms with E-state index < -0.39 is 0 Å². The molecule has 0 aromatic heterocycles. The van der Waals surface area contributed by atoms with Crippen molar-refractivity contribution in [3.05, 3.63) is 0 Å². The van der Waals surface area contributed by atoms with Gasteiger partial charge in [0.25, 0.3) is 0 Å². The van der Waals surface area contributed by atoms with E-state index in [-0.39, 0.29) is 11.4 Å². The van der Waals surface area contributed by atoms with E-state index in [0.29, 0.717) is 12.3 Å². The summed E-state index contributed by atoms with van der Waals surface area (Å²) in [6, 6.07) is 0.